The Morgan fingerprint density at radius 2 is 1.90 bits per heavy atom. The third-order valence-electron chi connectivity index (χ3n) is 4.36. The van der Waals surface area contributed by atoms with E-state index in [9.17, 15) is 10.1 Å². The standard InChI is InChI=1S/C24H22N2O3/c1-3-13-29-22-12-11-17(15-23(22)28-2)14-19(16-25)24(27)26-21-10-6-8-18-7-4-5-9-20(18)21/h4-12,14-15H,3,13H2,1-2H3,(H,26,27)/b19-14+. The largest absolute Gasteiger partial charge is 0.493 e. The molecule has 5 nitrogen and oxygen atoms in total. The van der Waals surface area contributed by atoms with Gasteiger partial charge in [0.05, 0.1) is 13.7 Å². The maximum Gasteiger partial charge on any atom is 0.266 e. The predicted molar refractivity (Wildman–Crippen MR) is 115 cm³/mol. The van der Waals surface area contributed by atoms with E-state index in [1.165, 1.54) is 6.08 Å². The Bertz CT molecular complexity index is 1090. The van der Waals surface area contributed by atoms with Gasteiger partial charge in [0, 0.05) is 11.1 Å². The minimum atomic E-state index is -0.464. The lowest BCUT2D eigenvalue weighted by molar-refractivity contribution is -0.112. The molecule has 0 saturated carbocycles. The lowest BCUT2D eigenvalue weighted by Gasteiger charge is -2.11. The number of amides is 1. The molecule has 3 aromatic carbocycles. The number of nitrogens with one attached hydrogen (secondary N) is 1. The summed E-state index contributed by atoms with van der Waals surface area (Å²) in [6.07, 6.45) is 2.42. The van der Waals surface area contributed by atoms with Crippen molar-refractivity contribution in [1.29, 1.82) is 5.26 Å². The summed E-state index contributed by atoms with van der Waals surface area (Å²) in [6, 6.07) is 20.7. The van der Waals surface area contributed by atoms with Crippen molar-refractivity contribution in [3.8, 4) is 17.6 Å². The Balaban J connectivity index is 1.86. The van der Waals surface area contributed by atoms with Gasteiger partial charge in [0.2, 0.25) is 0 Å². The van der Waals surface area contributed by atoms with E-state index in [0.29, 0.717) is 29.4 Å². The normalized spacial score (nSPS) is 11.0. The minimum absolute atomic E-state index is 0.00205. The molecule has 0 bridgehead atoms. The molecular weight excluding hydrogens is 364 g/mol. The molecule has 0 spiro atoms. The van der Waals surface area contributed by atoms with Gasteiger partial charge in [-0.15, -0.1) is 0 Å². The number of benzene rings is 3. The molecule has 0 aliphatic carbocycles. The molecule has 0 aliphatic rings. The molecule has 146 valence electrons. The molecule has 29 heavy (non-hydrogen) atoms. The fourth-order valence-corrected chi connectivity index (χ4v) is 2.94. The number of rotatable bonds is 7. The van der Waals surface area contributed by atoms with Crippen LogP contribution in [0.15, 0.2) is 66.2 Å². The summed E-state index contributed by atoms with van der Waals surface area (Å²) in [5.41, 5.74) is 1.34. The zero-order chi connectivity index (χ0) is 20.6. The van der Waals surface area contributed by atoms with Crippen molar-refractivity contribution in [2.75, 3.05) is 19.0 Å². The SMILES string of the molecule is CCCOc1ccc(/C=C(\C#N)C(=O)Nc2cccc3ccccc23)cc1OC. The maximum absolute atomic E-state index is 12.7. The number of carbonyl (C=O) groups excluding carboxylic acids is 1. The first-order chi connectivity index (χ1) is 14.2. The van der Waals surface area contributed by atoms with E-state index in [1.54, 1.807) is 25.3 Å². The molecule has 5 heteroatoms. The molecule has 1 amide bonds. The Hall–Kier alpha value is -3.78. The number of hydrogen-bond acceptors (Lipinski definition) is 4. The van der Waals surface area contributed by atoms with Crippen LogP contribution in [-0.2, 0) is 4.79 Å². The van der Waals surface area contributed by atoms with Crippen LogP contribution in [0.25, 0.3) is 16.8 Å². The highest BCUT2D eigenvalue weighted by atomic mass is 16.5. The lowest BCUT2D eigenvalue weighted by Crippen LogP contribution is -2.13. The number of hydrogen-bond donors (Lipinski definition) is 1. The summed E-state index contributed by atoms with van der Waals surface area (Å²) < 4.78 is 11.0. The summed E-state index contributed by atoms with van der Waals surface area (Å²) in [5, 5.41) is 14.3. The molecule has 0 radical (unpaired) electrons. The third kappa shape index (κ3) is 4.74. The van der Waals surface area contributed by atoms with Gasteiger partial charge in [0.1, 0.15) is 11.6 Å². The fraction of sp³-hybridized carbons (Fsp3) is 0.167. The van der Waals surface area contributed by atoms with Crippen LogP contribution in [0.4, 0.5) is 5.69 Å². The van der Waals surface area contributed by atoms with Gasteiger partial charge in [0.15, 0.2) is 11.5 Å². The van der Waals surface area contributed by atoms with Gasteiger partial charge in [-0.25, -0.2) is 0 Å². The quantitative estimate of drug-likeness (QED) is 0.448. The zero-order valence-electron chi connectivity index (χ0n) is 16.4. The van der Waals surface area contributed by atoms with Gasteiger partial charge in [-0.2, -0.15) is 5.26 Å². The van der Waals surface area contributed by atoms with Crippen LogP contribution in [0, 0.1) is 11.3 Å². The van der Waals surface area contributed by atoms with Crippen LogP contribution >= 0.6 is 0 Å². The number of methoxy groups -OCH3 is 1. The monoisotopic (exact) mass is 386 g/mol. The molecule has 0 heterocycles. The zero-order valence-corrected chi connectivity index (χ0v) is 16.4. The van der Waals surface area contributed by atoms with Crippen LogP contribution in [-0.4, -0.2) is 19.6 Å². The second-order valence-corrected chi connectivity index (χ2v) is 6.41. The predicted octanol–water partition coefficient (Wildman–Crippen LogP) is 5.18. The first kappa shape index (κ1) is 20.0. The number of fused-ring (bicyclic) bond motifs is 1. The van der Waals surface area contributed by atoms with E-state index in [1.807, 2.05) is 55.5 Å². The van der Waals surface area contributed by atoms with E-state index in [2.05, 4.69) is 5.32 Å². The molecule has 0 atom stereocenters. The molecule has 0 aromatic heterocycles. The van der Waals surface area contributed by atoms with Crippen molar-refractivity contribution in [2.24, 2.45) is 0 Å². The van der Waals surface area contributed by atoms with Crippen LogP contribution in [0.1, 0.15) is 18.9 Å². The van der Waals surface area contributed by atoms with E-state index >= 15 is 0 Å². The van der Waals surface area contributed by atoms with E-state index in [0.717, 1.165) is 17.2 Å². The number of carbonyl (C=O) groups is 1. The molecule has 3 aromatic rings. The topological polar surface area (TPSA) is 71.3 Å². The first-order valence-electron chi connectivity index (χ1n) is 9.38. The summed E-state index contributed by atoms with van der Waals surface area (Å²) in [7, 11) is 1.56. The van der Waals surface area contributed by atoms with Crippen LogP contribution in [0.5, 0.6) is 11.5 Å². The minimum Gasteiger partial charge on any atom is -0.493 e. The van der Waals surface area contributed by atoms with E-state index in [-0.39, 0.29) is 5.57 Å². The maximum atomic E-state index is 12.7. The number of anilines is 1. The summed E-state index contributed by atoms with van der Waals surface area (Å²) in [4.78, 5) is 12.7. The Kier molecular flexibility index (Phi) is 6.49. The van der Waals surface area contributed by atoms with Crippen molar-refractivity contribution >= 4 is 28.4 Å². The van der Waals surface area contributed by atoms with Crippen molar-refractivity contribution in [3.63, 3.8) is 0 Å². The summed E-state index contributed by atoms with van der Waals surface area (Å²) in [5.74, 6) is 0.721. The third-order valence-corrected chi connectivity index (χ3v) is 4.36. The molecule has 1 N–H and O–H groups in total. The smallest absolute Gasteiger partial charge is 0.266 e. The first-order valence-corrected chi connectivity index (χ1v) is 9.38. The second-order valence-electron chi connectivity index (χ2n) is 6.41. The Labute approximate surface area is 170 Å². The highest BCUT2D eigenvalue weighted by molar-refractivity contribution is 6.12. The number of nitriles is 1. The molecule has 0 unspecified atom stereocenters. The van der Waals surface area contributed by atoms with Gasteiger partial charge in [0.25, 0.3) is 5.91 Å². The van der Waals surface area contributed by atoms with Crippen molar-refractivity contribution in [3.05, 3.63) is 71.8 Å². The Morgan fingerprint density at radius 3 is 2.66 bits per heavy atom. The Morgan fingerprint density at radius 1 is 1.10 bits per heavy atom. The van der Waals surface area contributed by atoms with Gasteiger partial charge in [-0.05, 0) is 41.6 Å². The van der Waals surface area contributed by atoms with Crippen molar-refractivity contribution < 1.29 is 14.3 Å². The average Bonchev–Trinajstić information content (AvgIpc) is 2.76. The average molecular weight is 386 g/mol. The van der Waals surface area contributed by atoms with Crippen LogP contribution in [0.2, 0.25) is 0 Å². The highest BCUT2D eigenvalue weighted by Gasteiger charge is 2.12. The van der Waals surface area contributed by atoms with Crippen molar-refractivity contribution in [1.82, 2.24) is 0 Å². The van der Waals surface area contributed by atoms with Gasteiger partial charge in [-0.1, -0.05) is 49.4 Å². The molecular formula is C24H22N2O3. The highest BCUT2D eigenvalue weighted by Crippen LogP contribution is 2.29. The fourth-order valence-electron chi connectivity index (χ4n) is 2.94. The number of nitrogens with zero attached hydrogens (tertiary/aromatic N) is 1. The van der Waals surface area contributed by atoms with Crippen molar-refractivity contribution in [2.45, 2.75) is 13.3 Å². The molecule has 0 saturated heterocycles. The van der Waals surface area contributed by atoms with Crippen LogP contribution < -0.4 is 14.8 Å². The van der Waals surface area contributed by atoms with E-state index in [4.69, 9.17) is 9.47 Å². The van der Waals surface area contributed by atoms with Gasteiger partial charge >= 0.3 is 0 Å². The molecule has 0 fully saturated rings. The molecule has 0 aliphatic heterocycles. The number of ether oxygens (including phenoxy) is 2. The lowest BCUT2D eigenvalue weighted by atomic mass is 10.1. The summed E-state index contributed by atoms with van der Waals surface area (Å²) in [6.45, 7) is 2.61. The van der Waals surface area contributed by atoms with Crippen LogP contribution in [0.3, 0.4) is 0 Å². The second kappa shape index (κ2) is 9.43. The molecule has 3 rings (SSSR count). The summed E-state index contributed by atoms with van der Waals surface area (Å²) >= 11 is 0. The van der Waals surface area contributed by atoms with Gasteiger partial charge in [-0.3, -0.25) is 4.79 Å². The van der Waals surface area contributed by atoms with Gasteiger partial charge < -0.3 is 14.8 Å². The van der Waals surface area contributed by atoms with E-state index < -0.39 is 5.91 Å².